The molecular weight excluding hydrogens is 238 g/mol. The maximum absolute atomic E-state index is 11.4. The minimum atomic E-state index is -3.34. The number of hydrogen-bond donors (Lipinski definition) is 2. The molecule has 5 nitrogen and oxygen atoms in total. The van der Waals surface area contributed by atoms with E-state index in [1.54, 1.807) is 6.08 Å². The molecule has 0 unspecified atom stereocenters. The van der Waals surface area contributed by atoms with Crippen molar-refractivity contribution in [3.63, 3.8) is 0 Å². The van der Waals surface area contributed by atoms with Gasteiger partial charge in [-0.05, 0) is 25.0 Å². The highest BCUT2D eigenvalue weighted by Gasteiger charge is 2.12. The molecule has 0 fully saturated rings. The van der Waals surface area contributed by atoms with Crippen LogP contribution in [0.5, 0.6) is 0 Å². The first-order valence-electron chi connectivity index (χ1n) is 5.18. The Bertz CT molecular complexity index is 522. The first-order chi connectivity index (χ1) is 7.80. The molecule has 6 heteroatoms. The van der Waals surface area contributed by atoms with Crippen LogP contribution in [-0.2, 0) is 9.84 Å². The molecule has 1 atom stereocenters. The van der Waals surface area contributed by atoms with Gasteiger partial charge < -0.3 is 11.5 Å². The minimum Gasteiger partial charge on any atom is -0.383 e. The first-order valence-corrected chi connectivity index (χ1v) is 7.07. The monoisotopic (exact) mass is 255 g/mol. The second-order valence-electron chi connectivity index (χ2n) is 4.04. The van der Waals surface area contributed by atoms with Gasteiger partial charge in [-0.1, -0.05) is 12.2 Å². The third-order valence-electron chi connectivity index (χ3n) is 2.12. The van der Waals surface area contributed by atoms with E-state index in [4.69, 9.17) is 11.5 Å². The minimum absolute atomic E-state index is 0.0249. The summed E-state index contributed by atoms with van der Waals surface area (Å²) in [5.41, 5.74) is 11.8. The second-order valence-corrected chi connectivity index (χ2v) is 6.02. The summed E-state index contributed by atoms with van der Waals surface area (Å²) in [7, 11) is -3.34. The number of rotatable bonds is 4. The van der Waals surface area contributed by atoms with Crippen molar-refractivity contribution < 1.29 is 8.42 Å². The summed E-state index contributed by atoms with van der Waals surface area (Å²) < 4.78 is 22.8. The van der Waals surface area contributed by atoms with E-state index in [1.165, 1.54) is 12.3 Å². The van der Waals surface area contributed by atoms with Gasteiger partial charge in [-0.25, -0.2) is 13.4 Å². The third-order valence-corrected chi connectivity index (χ3v) is 3.25. The molecule has 0 amide bonds. The normalized spacial score (nSPS) is 14.1. The largest absolute Gasteiger partial charge is 0.383 e. The van der Waals surface area contributed by atoms with Gasteiger partial charge in [0.2, 0.25) is 0 Å². The Hall–Kier alpha value is -1.40. The van der Waals surface area contributed by atoms with E-state index in [1.807, 2.05) is 13.0 Å². The number of aromatic nitrogens is 1. The lowest BCUT2D eigenvalue weighted by Gasteiger charge is -2.03. The van der Waals surface area contributed by atoms with Gasteiger partial charge in [-0.15, -0.1) is 0 Å². The van der Waals surface area contributed by atoms with Gasteiger partial charge >= 0.3 is 0 Å². The van der Waals surface area contributed by atoms with Crippen molar-refractivity contribution in [2.45, 2.75) is 24.3 Å². The first kappa shape index (κ1) is 13.7. The Labute approximate surface area is 101 Å². The number of anilines is 1. The molecule has 4 N–H and O–H groups in total. The Morgan fingerprint density at radius 2 is 2.18 bits per heavy atom. The molecule has 0 radical (unpaired) electrons. The molecule has 1 rings (SSSR count). The van der Waals surface area contributed by atoms with Gasteiger partial charge in [0.15, 0.2) is 9.84 Å². The van der Waals surface area contributed by atoms with Crippen molar-refractivity contribution in [1.29, 1.82) is 0 Å². The zero-order valence-electron chi connectivity index (χ0n) is 9.92. The fourth-order valence-corrected chi connectivity index (χ4v) is 2.06. The average molecular weight is 255 g/mol. The molecule has 1 aromatic heterocycles. The Kier molecular flexibility index (Phi) is 4.25. The number of nitrogens with two attached hydrogens (primary N) is 2. The quantitative estimate of drug-likeness (QED) is 0.829. The van der Waals surface area contributed by atoms with E-state index in [9.17, 15) is 8.42 Å². The van der Waals surface area contributed by atoms with E-state index in [-0.39, 0.29) is 16.8 Å². The van der Waals surface area contributed by atoms with E-state index in [0.29, 0.717) is 5.56 Å². The molecule has 0 aliphatic rings. The summed E-state index contributed by atoms with van der Waals surface area (Å²) in [5, 5.41) is 0. The van der Waals surface area contributed by atoms with Crippen LogP contribution >= 0.6 is 0 Å². The molecule has 0 aliphatic heterocycles. The van der Waals surface area contributed by atoms with Gasteiger partial charge in [0.1, 0.15) is 10.7 Å². The molecule has 0 saturated carbocycles. The van der Waals surface area contributed by atoms with Gasteiger partial charge in [-0.3, -0.25) is 0 Å². The zero-order chi connectivity index (χ0) is 13.1. The van der Waals surface area contributed by atoms with Crippen LogP contribution in [0.1, 0.15) is 18.9 Å². The topological polar surface area (TPSA) is 99.1 Å². The van der Waals surface area contributed by atoms with Crippen LogP contribution < -0.4 is 11.5 Å². The molecule has 0 aromatic carbocycles. The standard InChI is InChI=1S/C11H17N3O2S/c1-8(12)4-3-5-9-6-10(17(2,15)16)11(13)14-7-9/h3,5-8H,4,12H2,1-2H3,(H2,13,14)/b5-3+/t8-/m0/s1. The van der Waals surface area contributed by atoms with E-state index >= 15 is 0 Å². The van der Waals surface area contributed by atoms with E-state index < -0.39 is 9.84 Å². The second kappa shape index (κ2) is 5.29. The molecule has 94 valence electrons. The van der Waals surface area contributed by atoms with Crippen LogP contribution in [0.3, 0.4) is 0 Å². The van der Waals surface area contributed by atoms with Gasteiger partial charge in [0.05, 0.1) is 0 Å². The van der Waals surface area contributed by atoms with Crippen LogP contribution in [0.15, 0.2) is 23.2 Å². The molecule has 0 spiro atoms. The molecule has 1 heterocycles. The predicted molar refractivity (Wildman–Crippen MR) is 69.1 cm³/mol. The van der Waals surface area contributed by atoms with Crippen LogP contribution in [0.25, 0.3) is 6.08 Å². The number of nitrogens with zero attached hydrogens (tertiary/aromatic N) is 1. The van der Waals surface area contributed by atoms with Crippen molar-refractivity contribution in [3.8, 4) is 0 Å². The molecule has 0 aliphatic carbocycles. The van der Waals surface area contributed by atoms with Gasteiger partial charge in [0.25, 0.3) is 0 Å². The molecule has 0 saturated heterocycles. The lowest BCUT2D eigenvalue weighted by Crippen LogP contribution is -2.12. The fraction of sp³-hybridized carbons (Fsp3) is 0.364. The maximum atomic E-state index is 11.4. The van der Waals surface area contributed by atoms with Crippen LogP contribution in [0.4, 0.5) is 5.82 Å². The highest BCUT2D eigenvalue weighted by Crippen LogP contribution is 2.17. The molecule has 1 aromatic rings. The van der Waals surface area contributed by atoms with Crippen molar-refractivity contribution in [3.05, 3.63) is 23.9 Å². The van der Waals surface area contributed by atoms with Crippen LogP contribution in [0, 0.1) is 0 Å². The molecular formula is C11H17N3O2S. The predicted octanol–water partition coefficient (Wildman–Crippen LogP) is 0.818. The van der Waals surface area contributed by atoms with Gasteiger partial charge in [0, 0.05) is 18.5 Å². The summed E-state index contributed by atoms with van der Waals surface area (Å²) in [6.45, 7) is 1.90. The fourth-order valence-electron chi connectivity index (χ4n) is 1.28. The number of sulfone groups is 1. The summed E-state index contributed by atoms with van der Waals surface area (Å²) in [5.74, 6) is 0.0249. The third kappa shape index (κ3) is 4.16. The van der Waals surface area contributed by atoms with Crippen LogP contribution in [-0.4, -0.2) is 25.7 Å². The Morgan fingerprint density at radius 1 is 1.53 bits per heavy atom. The van der Waals surface area contributed by atoms with Gasteiger partial charge in [-0.2, -0.15) is 0 Å². The Balaban J connectivity index is 3.02. The number of pyridine rings is 1. The number of nitrogen functional groups attached to an aromatic ring is 1. The summed E-state index contributed by atoms with van der Waals surface area (Å²) in [4.78, 5) is 3.92. The highest BCUT2D eigenvalue weighted by atomic mass is 32.2. The van der Waals surface area contributed by atoms with Crippen molar-refractivity contribution in [2.24, 2.45) is 5.73 Å². The van der Waals surface area contributed by atoms with Crippen LogP contribution in [0.2, 0.25) is 0 Å². The SMILES string of the molecule is C[C@H](N)C/C=C/c1cnc(N)c(S(C)(=O)=O)c1. The van der Waals surface area contributed by atoms with E-state index in [0.717, 1.165) is 12.7 Å². The summed E-state index contributed by atoms with van der Waals surface area (Å²) >= 11 is 0. The molecule has 17 heavy (non-hydrogen) atoms. The maximum Gasteiger partial charge on any atom is 0.179 e. The summed E-state index contributed by atoms with van der Waals surface area (Å²) in [6.07, 6.45) is 7.02. The highest BCUT2D eigenvalue weighted by molar-refractivity contribution is 7.90. The van der Waals surface area contributed by atoms with Crippen molar-refractivity contribution >= 4 is 21.7 Å². The zero-order valence-corrected chi connectivity index (χ0v) is 10.7. The lowest BCUT2D eigenvalue weighted by atomic mass is 10.2. The van der Waals surface area contributed by atoms with Crippen molar-refractivity contribution in [1.82, 2.24) is 4.98 Å². The van der Waals surface area contributed by atoms with Crippen molar-refractivity contribution in [2.75, 3.05) is 12.0 Å². The molecule has 0 bridgehead atoms. The number of hydrogen-bond acceptors (Lipinski definition) is 5. The average Bonchev–Trinajstić information content (AvgIpc) is 2.18. The lowest BCUT2D eigenvalue weighted by molar-refractivity contribution is 0.602. The van der Waals surface area contributed by atoms with E-state index in [2.05, 4.69) is 4.98 Å². The smallest absolute Gasteiger partial charge is 0.179 e. The Morgan fingerprint density at radius 3 is 2.71 bits per heavy atom. The summed E-state index contributed by atoms with van der Waals surface area (Å²) in [6, 6.07) is 1.58.